The molecule has 5 atom stereocenters. The van der Waals surface area contributed by atoms with Crippen LogP contribution in [0.1, 0.15) is 46.0 Å². The van der Waals surface area contributed by atoms with Gasteiger partial charge < -0.3 is 0 Å². The first-order chi connectivity index (χ1) is 9.67. The molecule has 1 heterocycles. The van der Waals surface area contributed by atoms with E-state index in [1.807, 2.05) is 0 Å². The van der Waals surface area contributed by atoms with Gasteiger partial charge in [-0.05, 0) is 30.6 Å². The molecule has 2 aliphatic carbocycles. The Balaban J connectivity index is 1.70. The number of hydrogen-bond acceptors (Lipinski definition) is 2. The van der Waals surface area contributed by atoms with Crippen LogP contribution in [0.4, 0.5) is 0 Å². The van der Waals surface area contributed by atoms with Gasteiger partial charge in [-0.3, -0.25) is 14.5 Å². The highest BCUT2D eigenvalue weighted by Crippen LogP contribution is 2.52. The molecule has 3 aliphatic rings. The average molecular weight is 275 g/mol. The normalized spacial score (nSPS) is 36.0. The van der Waals surface area contributed by atoms with Crippen LogP contribution in [0.5, 0.6) is 0 Å². The topological polar surface area (TPSA) is 37.4 Å². The number of imide groups is 1. The SMILES string of the molecule is CCCC[C@H](CC)CN1C(=O)[C@H]2[C@H](C1=O)[C@H]1C=C[C@H]2C1. The summed E-state index contributed by atoms with van der Waals surface area (Å²) in [6.07, 6.45) is 9.89. The summed E-state index contributed by atoms with van der Waals surface area (Å²) in [5.41, 5.74) is 0. The van der Waals surface area contributed by atoms with E-state index in [9.17, 15) is 9.59 Å². The van der Waals surface area contributed by atoms with E-state index in [0.29, 0.717) is 24.3 Å². The van der Waals surface area contributed by atoms with Crippen molar-refractivity contribution in [3.8, 4) is 0 Å². The monoisotopic (exact) mass is 275 g/mol. The van der Waals surface area contributed by atoms with Gasteiger partial charge in [0.15, 0.2) is 0 Å². The van der Waals surface area contributed by atoms with Crippen LogP contribution in [0.25, 0.3) is 0 Å². The minimum absolute atomic E-state index is 0.0267. The lowest BCUT2D eigenvalue weighted by atomic mass is 9.85. The molecule has 1 aliphatic heterocycles. The summed E-state index contributed by atoms with van der Waals surface area (Å²) in [5.74, 6) is 1.33. The molecule has 20 heavy (non-hydrogen) atoms. The molecule has 0 aromatic heterocycles. The lowest BCUT2D eigenvalue weighted by Crippen LogP contribution is -2.37. The van der Waals surface area contributed by atoms with Crippen molar-refractivity contribution in [2.75, 3.05) is 6.54 Å². The number of carbonyl (C=O) groups excluding carboxylic acids is 2. The van der Waals surface area contributed by atoms with Crippen molar-refractivity contribution in [1.29, 1.82) is 0 Å². The molecule has 0 aromatic carbocycles. The van der Waals surface area contributed by atoms with E-state index in [1.165, 1.54) is 12.8 Å². The molecule has 3 heteroatoms. The zero-order chi connectivity index (χ0) is 14.3. The zero-order valence-corrected chi connectivity index (χ0v) is 12.5. The van der Waals surface area contributed by atoms with E-state index in [2.05, 4.69) is 26.0 Å². The predicted octanol–water partition coefficient (Wildman–Crippen LogP) is 3.01. The van der Waals surface area contributed by atoms with Crippen LogP contribution < -0.4 is 0 Å². The van der Waals surface area contributed by atoms with Gasteiger partial charge in [-0.1, -0.05) is 45.3 Å². The van der Waals surface area contributed by atoms with E-state index in [1.54, 1.807) is 4.90 Å². The van der Waals surface area contributed by atoms with Gasteiger partial charge in [-0.15, -0.1) is 0 Å². The maximum absolute atomic E-state index is 12.6. The van der Waals surface area contributed by atoms with E-state index in [-0.39, 0.29) is 23.7 Å². The second-order valence-corrected chi connectivity index (χ2v) is 6.70. The van der Waals surface area contributed by atoms with Crippen molar-refractivity contribution in [3.05, 3.63) is 12.2 Å². The average Bonchev–Trinajstić information content (AvgIpc) is 3.12. The lowest BCUT2D eigenvalue weighted by Gasteiger charge is -2.23. The number of unbranched alkanes of at least 4 members (excludes halogenated alkanes) is 1. The highest BCUT2D eigenvalue weighted by atomic mass is 16.2. The Morgan fingerprint density at radius 2 is 1.75 bits per heavy atom. The van der Waals surface area contributed by atoms with Crippen molar-refractivity contribution in [1.82, 2.24) is 4.90 Å². The molecule has 110 valence electrons. The second-order valence-electron chi connectivity index (χ2n) is 6.70. The van der Waals surface area contributed by atoms with Crippen LogP contribution in [0, 0.1) is 29.6 Å². The second kappa shape index (κ2) is 5.34. The first kappa shape index (κ1) is 13.8. The molecule has 2 fully saturated rings. The number of hydrogen-bond donors (Lipinski definition) is 0. The van der Waals surface area contributed by atoms with E-state index >= 15 is 0 Å². The molecule has 1 saturated carbocycles. The third kappa shape index (κ3) is 2.02. The van der Waals surface area contributed by atoms with Crippen molar-refractivity contribution < 1.29 is 9.59 Å². The molecule has 1 saturated heterocycles. The summed E-state index contributed by atoms with van der Waals surface area (Å²) >= 11 is 0. The fourth-order valence-corrected chi connectivity index (χ4v) is 4.32. The Bertz CT molecular complexity index is 412. The third-order valence-electron chi connectivity index (χ3n) is 5.55. The first-order valence-corrected chi connectivity index (χ1v) is 8.20. The molecule has 0 N–H and O–H groups in total. The summed E-state index contributed by atoms with van der Waals surface area (Å²) in [5, 5.41) is 0. The minimum atomic E-state index is -0.0267. The van der Waals surface area contributed by atoms with Gasteiger partial charge in [-0.2, -0.15) is 0 Å². The molecule has 3 rings (SSSR count). The standard InChI is InChI=1S/C17H25NO2/c1-3-5-6-11(4-2)10-18-16(19)14-12-7-8-13(9-12)15(14)17(18)20/h7-8,11-15H,3-6,9-10H2,1-2H3/t11-,12-,13-,14+,15+/m0/s1. The first-order valence-electron chi connectivity index (χ1n) is 8.20. The Labute approximate surface area is 121 Å². The largest absolute Gasteiger partial charge is 0.282 e. The molecular weight excluding hydrogens is 250 g/mol. The van der Waals surface area contributed by atoms with Crippen LogP contribution in [0.2, 0.25) is 0 Å². The molecule has 3 nitrogen and oxygen atoms in total. The highest BCUT2D eigenvalue weighted by Gasteiger charge is 2.59. The van der Waals surface area contributed by atoms with Crippen molar-refractivity contribution in [2.45, 2.75) is 46.0 Å². The van der Waals surface area contributed by atoms with Gasteiger partial charge in [0.2, 0.25) is 11.8 Å². The zero-order valence-electron chi connectivity index (χ0n) is 12.5. The van der Waals surface area contributed by atoms with Gasteiger partial charge in [0.25, 0.3) is 0 Å². The van der Waals surface area contributed by atoms with E-state index in [4.69, 9.17) is 0 Å². The molecule has 2 bridgehead atoms. The molecule has 2 amide bonds. The summed E-state index contributed by atoms with van der Waals surface area (Å²) in [6.45, 7) is 5.00. The van der Waals surface area contributed by atoms with Gasteiger partial charge in [0.1, 0.15) is 0 Å². The number of nitrogens with zero attached hydrogens (tertiary/aromatic N) is 1. The van der Waals surface area contributed by atoms with Crippen LogP contribution in [-0.2, 0) is 9.59 Å². The molecular formula is C17H25NO2. The van der Waals surface area contributed by atoms with Crippen molar-refractivity contribution in [2.24, 2.45) is 29.6 Å². The Morgan fingerprint density at radius 1 is 1.15 bits per heavy atom. The Morgan fingerprint density at radius 3 is 2.25 bits per heavy atom. The third-order valence-corrected chi connectivity index (χ3v) is 5.55. The van der Waals surface area contributed by atoms with Crippen LogP contribution in [0.3, 0.4) is 0 Å². The van der Waals surface area contributed by atoms with Gasteiger partial charge >= 0.3 is 0 Å². The fourth-order valence-electron chi connectivity index (χ4n) is 4.32. The summed E-state index contributed by atoms with van der Waals surface area (Å²) in [7, 11) is 0. The number of amides is 2. The van der Waals surface area contributed by atoms with Crippen molar-refractivity contribution >= 4 is 11.8 Å². The Kier molecular flexibility index (Phi) is 3.70. The maximum Gasteiger partial charge on any atom is 0.233 e. The van der Waals surface area contributed by atoms with Crippen LogP contribution in [0.15, 0.2) is 12.2 Å². The molecule has 0 unspecified atom stereocenters. The van der Waals surface area contributed by atoms with Gasteiger partial charge in [-0.25, -0.2) is 0 Å². The number of allylic oxidation sites excluding steroid dienone is 2. The number of fused-ring (bicyclic) bond motifs is 5. The smallest absolute Gasteiger partial charge is 0.233 e. The van der Waals surface area contributed by atoms with Crippen LogP contribution >= 0.6 is 0 Å². The molecule has 0 aromatic rings. The quantitative estimate of drug-likeness (QED) is 0.552. The minimum Gasteiger partial charge on any atom is -0.282 e. The summed E-state index contributed by atoms with van der Waals surface area (Å²) in [4.78, 5) is 26.8. The number of rotatable bonds is 6. The predicted molar refractivity (Wildman–Crippen MR) is 77.7 cm³/mol. The molecule has 0 spiro atoms. The lowest BCUT2D eigenvalue weighted by molar-refractivity contribution is -0.141. The highest BCUT2D eigenvalue weighted by molar-refractivity contribution is 6.06. The molecule has 0 radical (unpaired) electrons. The van der Waals surface area contributed by atoms with E-state index < -0.39 is 0 Å². The maximum atomic E-state index is 12.6. The number of likely N-dealkylation sites (tertiary alicyclic amines) is 1. The number of carbonyl (C=O) groups is 2. The van der Waals surface area contributed by atoms with Gasteiger partial charge in [0, 0.05) is 6.54 Å². The van der Waals surface area contributed by atoms with Crippen LogP contribution in [-0.4, -0.2) is 23.3 Å². The summed E-state index contributed by atoms with van der Waals surface area (Å²) < 4.78 is 0. The van der Waals surface area contributed by atoms with Gasteiger partial charge in [0.05, 0.1) is 11.8 Å². The van der Waals surface area contributed by atoms with Crippen molar-refractivity contribution in [3.63, 3.8) is 0 Å². The Hall–Kier alpha value is -1.12. The summed E-state index contributed by atoms with van der Waals surface area (Å²) in [6, 6.07) is 0. The van der Waals surface area contributed by atoms with E-state index in [0.717, 1.165) is 19.3 Å². The fraction of sp³-hybridized carbons (Fsp3) is 0.765.